The molecule has 0 saturated carbocycles. The topological polar surface area (TPSA) is 60.5 Å². The number of ether oxygens (including phenoxy) is 2. The number of aromatic nitrogens is 1. The number of rotatable bonds is 5. The van der Waals surface area contributed by atoms with Gasteiger partial charge >= 0.3 is 0 Å². The van der Waals surface area contributed by atoms with Gasteiger partial charge in [-0.2, -0.15) is 0 Å². The molecule has 1 amide bonds. The third kappa shape index (κ3) is 3.76. The number of amides is 1. The summed E-state index contributed by atoms with van der Waals surface area (Å²) in [5.41, 5.74) is 1.86. The molecule has 0 atom stereocenters. The van der Waals surface area contributed by atoms with Crippen molar-refractivity contribution in [2.75, 3.05) is 12.4 Å². The fourth-order valence-corrected chi connectivity index (χ4v) is 3.04. The van der Waals surface area contributed by atoms with Crippen molar-refractivity contribution in [2.24, 2.45) is 0 Å². The highest BCUT2D eigenvalue weighted by Gasteiger charge is 2.14. The maximum Gasteiger partial charge on any atom is 0.223 e. The summed E-state index contributed by atoms with van der Waals surface area (Å²) >= 11 is 1.44. The van der Waals surface area contributed by atoms with E-state index >= 15 is 0 Å². The Balaban J connectivity index is 2.40. The molecule has 0 aliphatic rings. The Labute approximate surface area is 134 Å². The largest absolute Gasteiger partial charge is 0.493 e. The van der Waals surface area contributed by atoms with Gasteiger partial charge in [0, 0.05) is 6.92 Å². The first kappa shape index (κ1) is 16.3. The minimum Gasteiger partial charge on any atom is -0.493 e. The summed E-state index contributed by atoms with van der Waals surface area (Å²) in [5.74, 6) is 1.27. The molecule has 0 bridgehead atoms. The van der Waals surface area contributed by atoms with Crippen LogP contribution in [0, 0.1) is 6.92 Å². The molecule has 1 aromatic heterocycles. The smallest absolute Gasteiger partial charge is 0.223 e. The molecular formula is C16H20N2O3S. The molecule has 2 aromatic rings. The van der Waals surface area contributed by atoms with E-state index in [1.54, 1.807) is 7.11 Å². The Morgan fingerprint density at radius 1 is 1.32 bits per heavy atom. The van der Waals surface area contributed by atoms with E-state index in [1.807, 2.05) is 39.0 Å². The van der Waals surface area contributed by atoms with E-state index in [-0.39, 0.29) is 12.0 Å². The minimum absolute atomic E-state index is 0.0571. The van der Waals surface area contributed by atoms with Gasteiger partial charge in [0.15, 0.2) is 16.6 Å². The Hall–Kier alpha value is -2.08. The lowest BCUT2D eigenvalue weighted by Gasteiger charge is -2.14. The number of aryl methyl sites for hydroxylation is 1. The lowest BCUT2D eigenvalue weighted by atomic mass is 10.1. The van der Waals surface area contributed by atoms with Crippen molar-refractivity contribution in [3.8, 4) is 21.9 Å². The van der Waals surface area contributed by atoms with E-state index < -0.39 is 0 Å². The average molecular weight is 320 g/mol. The van der Waals surface area contributed by atoms with Crippen LogP contribution in [-0.2, 0) is 4.79 Å². The first-order chi connectivity index (χ1) is 10.4. The van der Waals surface area contributed by atoms with Gasteiger partial charge in [-0.1, -0.05) is 11.3 Å². The van der Waals surface area contributed by atoms with Gasteiger partial charge in [-0.25, -0.2) is 4.98 Å². The second-order valence-corrected chi connectivity index (χ2v) is 6.15. The number of nitrogens with zero attached hydrogens (tertiary/aromatic N) is 1. The summed E-state index contributed by atoms with van der Waals surface area (Å²) < 4.78 is 11.1. The standard InChI is InChI=1S/C16H20N2O3S/c1-9(2)21-14-8-12(6-7-13(14)20-5)15-10(3)17-16(22-15)18-11(4)19/h6-9H,1-5H3,(H,17,18,19). The highest BCUT2D eigenvalue weighted by molar-refractivity contribution is 7.19. The Morgan fingerprint density at radius 2 is 2.05 bits per heavy atom. The summed E-state index contributed by atoms with van der Waals surface area (Å²) in [7, 11) is 1.62. The van der Waals surface area contributed by atoms with Gasteiger partial charge in [-0.05, 0) is 44.5 Å². The van der Waals surface area contributed by atoms with E-state index in [0.717, 1.165) is 16.1 Å². The number of carbonyl (C=O) groups excluding carboxylic acids is 1. The van der Waals surface area contributed by atoms with Crippen LogP contribution >= 0.6 is 11.3 Å². The lowest BCUT2D eigenvalue weighted by molar-refractivity contribution is -0.114. The Bertz CT molecular complexity index is 680. The van der Waals surface area contributed by atoms with Crippen molar-refractivity contribution in [3.63, 3.8) is 0 Å². The maximum atomic E-state index is 11.1. The van der Waals surface area contributed by atoms with Crippen molar-refractivity contribution in [1.82, 2.24) is 4.98 Å². The number of nitrogens with one attached hydrogen (secondary N) is 1. The predicted molar refractivity (Wildman–Crippen MR) is 88.9 cm³/mol. The van der Waals surface area contributed by atoms with Crippen LogP contribution in [0.1, 0.15) is 26.5 Å². The molecule has 22 heavy (non-hydrogen) atoms. The van der Waals surface area contributed by atoms with Crippen molar-refractivity contribution < 1.29 is 14.3 Å². The van der Waals surface area contributed by atoms with Crippen LogP contribution in [-0.4, -0.2) is 24.1 Å². The number of hydrogen-bond donors (Lipinski definition) is 1. The van der Waals surface area contributed by atoms with Crippen molar-refractivity contribution >= 4 is 22.4 Å². The molecule has 118 valence electrons. The Kier molecular flexibility index (Phi) is 5.03. The molecule has 6 heteroatoms. The summed E-state index contributed by atoms with van der Waals surface area (Å²) in [6.45, 7) is 7.33. The van der Waals surface area contributed by atoms with Gasteiger partial charge in [0.2, 0.25) is 5.91 Å². The van der Waals surface area contributed by atoms with E-state index in [9.17, 15) is 4.79 Å². The van der Waals surface area contributed by atoms with Gasteiger partial charge in [0.05, 0.1) is 23.8 Å². The highest BCUT2D eigenvalue weighted by Crippen LogP contribution is 2.38. The third-order valence-corrected chi connectivity index (χ3v) is 3.99. The average Bonchev–Trinajstić information content (AvgIpc) is 2.78. The first-order valence-corrected chi connectivity index (χ1v) is 7.82. The molecule has 0 radical (unpaired) electrons. The molecule has 5 nitrogen and oxygen atoms in total. The molecule has 0 spiro atoms. The number of thiazole rings is 1. The van der Waals surface area contributed by atoms with E-state index in [4.69, 9.17) is 9.47 Å². The summed E-state index contributed by atoms with van der Waals surface area (Å²) in [6, 6.07) is 5.78. The molecule has 1 aromatic carbocycles. The van der Waals surface area contributed by atoms with Crippen molar-refractivity contribution in [1.29, 1.82) is 0 Å². The van der Waals surface area contributed by atoms with Crippen LogP contribution in [0.2, 0.25) is 0 Å². The molecule has 1 N–H and O–H groups in total. The van der Waals surface area contributed by atoms with E-state index in [2.05, 4.69) is 10.3 Å². The van der Waals surface area contributed by atoms with Gasteiger partial charge in [-0.15, -0.1) is 0 Å². The fourth-order valence-electron chi connectivity index (χ4n) is 2.03. The highest BCUT2D eigenvalue weighted by atomic mass is 32.1. The van der Waals surface area contributed by atoms with E-state index in [1.165, 1.54) is 18.3 Å². The van der Waals surface area contributed by atoms with Gasteiger partial charge in [0.25, 0.3) is 0 Å². The number of methoxy groups -OCH3 is 1. The molecule has 0 unspecified atom stereocenters. The fraction of sp³-hybridized carbons (Fsp3) is 0.375. The molecular weight excluding hydrogens is 300 g/mol. The van der Waals surface area contributed by atoms with Crippen LogP contribution in [0.4, 0.5) is 5.13 Å². The van der Waals surface area contributed by atoms with Crippen LogP contribution in [0.5, 0.6) is 11.5 Å². The zero-order chi connectivity index (χ0) is 16.3. The number of carbonyl (C=O) groups is 1. The Morgan fingerprint density at radius 3 is 2.64 bits per heavy atom. The molecule has 2 rings (SSSR count). The van der Waals surface area contributed by atoms with Crippen LogP contribution < -0.4 is 14.8 Å². The second-order valence-electron chi connectivity index (χ2n) is 5.15. The molecule has 0 fully saturated rings. The number of benzene rings is 1. The SMILES string of the molecule is COc1ccc(-c2sc(NC(C)=O)nc2C)cc1OC(C)C. The summed E-state index contributed by atoms with van der Waals surface area (Å²) in [6.07, 6.45) is 0.0571. The van der Waals surface area contributed by atoms with Crippen LogP contribution in [0.15, 0.2) is 18.2 Å². The van der Waals surface area contributed by atoms with Gasteiger partial charge in [-0.3, -0.25) is 4.79 Å². The monoisotopic (exact) mass is 320 g/mol. The zero-order valence-corrected chi connectivity index (χ0v) is 14.2. The number of hydrogen-bond acceptors (Lipinski definition) is 5. The second kappa shape index (κ2) is 6.79. The summed E-state index contributed by atoms with van der Waals surface area (Å²) in [4.78, 5) is 16.5. The zero-order valence-electron chi connectivity index (χ0n) is 13.4. The van der Waals surface area contributed by atoms with Gasteiger partial charge < -0.3 is 14.8 Å². The number of anilines is 1. The van der Waals surface area contributed by atoms with Crippen LogP contribution in [0.25, 0.3) is 10.4 Å². The van der Waals surface area contributed by atoms with Crippen molar-refractivity contribution in [2.45, 2.75) is 33.8 Å². The molecule has 0 aliphatic carbocycles. The molecule has 0 aliphatic heterocycles. The summed E-state index contributed by atoms with van der Waals surface area (Å²) in [5, 5.41) is 3.32. The third-order valence-electron chi connectivity index (χ3n) is 2.87. The van der Waals surface area contributed by atoms with Crippen LogP contribution in [0.3, 0.4) is 0 Å². The lowest BCUT2D eigenvalue weighted by Crippen LogP contribution is -2.06. The normalized spacial score (nSPS) is 10.6. The molecule has 0 saturated heterocycles. The van der Waals surface area contributed by atoms with Gasteiger partial charge in [0.1, 0.15) is 0 Å². The quantitative estimate of drug-likeness (QED) is 0.908. The minimum atomic E-state index is -0.126. The predicted octanol–water partition coefficient (Wildman–Crippen LogP) is 3.87. The molecule has 1 heterocycles. The van der Waals surface area contributed by atoms with E-state index in [0.29, 0.717) is 16.6 Å². The first-order valence-electron chi connectivity index (χ1n) is 7.00. The van der Waals surface area contributed by atoms with Crippen molar-refractivity contribution in [3.05, 3.63) is 23.9 Å². The maximum absolute atomic E-state index is 11.1.